The summed E-state index contributed by atoms with van der Waals surface area (Å²) < 4.78 is 3.15. The highest BCUT2D eigenvalue weighted by atomic mass is 79.9. The van der Waals surface area contributed by atoms with Gasteiger partial charge in [0.1, 0.15) is 0 Å². The van der Waals surface area contributed by atoms with E-state index in [-0.39, 0.29) is 12.1 Å². The Morgan fingerprint density at radius 2 is 2.10 bits per heavy atom. The van der Waals surface area contributed by atoms with E-state index in [9.17, 15) is 0 Å². The minimum Gasteiger partial charge on any atom is -0.300 e. The maximum absolute atomic E-state index is 4.29. The van der Waals surface area contributed by atoms with Crippen molar-refractivity contribution in [3.8, 4) is 0 Å². The minimum atomic E-state index is 0.128. The van der Waals surface area contributed by atoms with Crippen LogP contribution in [0.25, 0.3) is 5.65 Å². The Morgan fingerprint density at radius 3 is 2.85 bits per heavy atom. The van der Waals surface area contributed by atoms with Crippen LogP contribution >= 0.6 is 27.3 Å². The quantitative estimate of drug-likeness (QED) is 0.774. The highest BCUT2D eigenvalue weighted by Crippen LogP contribution is 2.27. The molecular formula is C14H15BrN4S. The Balaban J connectivity index is 1.80. The van der Waals surface area contributed by atoms with Crippen molar-refractivity contribution in [2.45, 2.75) is 25.9 Å². The molecule has 2 unspecified atom stereocenters. The SMILES string of the molecule is CC(NC(C)c1nnc2ccccn12)c1cc(Br)cs1. The predicted octanol–water partition coefficient (Wildman–Crippen LogP) is 3.97. The van der Waals surface area contributed by atoms with Gasteiger partial charge in [-0.05, 0) is 48.0 Å². The van der Waals surface area contributed by atoms with Crippen LogP contribution in [0.3, 0.4) is 0 Å². The summed E-state index contributed by atoms with van der Waals surface area (Å²) in [5, 5.41) is 14.2. The second-order valence-corrected chi connectivity index (χ2v) is 6.62. The molecule has 0 aliphatic rings. The van der Waals surface area contributed by atoms with Gasteiger partial charge in [0.25, 0.3) is 0 Å². The van der Waals surface area contributed by atoms with Crippen LogP contribution in [0.15, 0.2) is 40.3 Å². The number of halogens is 1. The van der Waals surface area contributed by atoms with Gasteiger partial charge >= 0.3 is 0 Å². The molecule has 4 nitrogen and oxygen atoms in total. The largest absolute Gasteiger partial charge is 0.300 e. The van der Waals surface area contributed by atoms with E-state index in [1.54, 1.807) is 11.3 Å². The van der Waals surface area contributed by atoms with Crippen LogP contribution < -0.4 is 5.32 Å². The summed E-state index contributed by atoms with van der Waals surface area (Å²) in [5.74, 6) is 0.933. The van der Waals surface area contributed by atoms with Crippen molar-refractivity contribution in [3.05, 3.63) is 51.0 Å². The first-order valence-electron chi connectivity index (χ1n) is 6.45. The molecule has 2 atom stereocenters. The smallest absolute Gasteiger partial charge is 0.160 e. The highest BCUT2D eigenvalue weighted by Gasteiger charge is 2.17. The maximum Gasteiger partial charge on any atom is 0.160 e. The van der Waals surface area contributed by atoms with E-state index in [0.29, 0.717) is 0 Å². The van der Waals surface area contributed by atoms with Crippen molar-refractivity contribution in [2.24, 2.45) is 0 Å². The van der Waals surface area contributed by atoms with Gasteiger partial charge in [0.15, 0.2) is 11.5 Å². The van der Waals surface area contributed by atoms with Crippen LogP contribution in [0, 0.1) is 0 Å². The zero-order valence-electron chi connectivity index (χ0n) is 11.2. The van der Waals surface area contributed by atoms with Crippen LogP contribution in [-0.2, 0) is 0 Å². The van der Waals surface area contributed by atoms with Gasteiger partial charge in [-0.3, -0.25) is 4.40 Å². The third kappa shape index (κ3) is 2.63. The topological polar surface area (TPSA) is 42.2 Å². The second kappa shape index (κ2) is 5.63. The first kappa shape index (κ1) is 13.7. The average molecular weight is 351 g/mol. The van der Waals surface area contributed by atoms with Crippen LogP contribution in [0.5, 0.6) is 0 Å². The van der Waals surface area contributed by atoms with Crippen molar-refractivity contribution in [1.29, 1.82) is 0 Å². The number of fused-ring (bicyclic) bond motifs is 1. The maximum atomic E-state index is 4.29. The zero-order chi connectivity index (χ0) is 14.1. The zero-order valence-corrected chi connectivity index (χ0v) is 13.6. The molecule has 3 aromatic heterocycles. The lowest BCUT2D eigenvalue weighted by atomic mass is 10.2. The molecule has 3 heterocycles. The molecule has 1 N–H and O–H groups in total. The first-order chi connectivity index (χ1) is 9.65. The van der Waals surface area contributed by atoms with E-state index in [1.807, 2.05) is 28.8 Å². The third-order valence-corrected chi connectivity index (χ3v) is 5.12. The molecule has 0 spiro atoms. The summed E-state index contributed by atoms with van der Waals surface area (Å²) in [7, 11) is 0. The Kier molecular flexibility index (Phi) is 3.87. The van der Waals surface area contributed by atoms with Crippen molar-refractivity contribution < 1.29 is 0 Å². The van der Waals surface area contributed by atoms with Crippen LogP contribution in [0.2, 0.25) is 0 Å². The Bertz CT molecular complexity index is 721. The second-order valence-electron chi connectivity index (χ2n) is 4.76. The van der Waals surface area contributed by atoms with Crippen molar-refractivity contribution in [1.82, 2.24) is 19.9 Å². The Labute approximate surface area is 130 Å². The fourth-order valence-electron chi connectivity index (χ4n) is 2.24. The summed E-state index contributed by atoms with van der Waals surface area (Å²) >= 11 is 5.24. The molecule has 3 rings (SSSR count). The molecular weight excluding hydrogens is 336 g/mol. The van der Waals surface area contributed by atoms with E-state index in [0.717, 1.165) is 15.9 Å². The molecule has 0 aliphatic heterocycles. The minimum absolute atomic E-state index is 0.128. The standard InChI is InChI=1S/C14H15BrN4S/c1-9(12-7-11(15)8-20-12)16-10(2)14-18-17-13-5-3-4-6-19(13)14/h3-10,16H,1-2H3. The summed E-state index contributed by atoms with van der Waals surface area (Å²) in [5.41, 5.74) is 0.877. The number of hydrogen-bond donors (Lipinski definition) is 1. The van der Waals surface area contributed by atoms with Crippen molar-refractivity contribution in [2.75, 3.05) is 0 Å². The number of thiophene rings is 1. The van der Waals surface area contributed by atoms with E-state index >= 15 is 0 Å². The van der Waals surface area contributed by atoms with Gasteiger partial charge in [0.05, 0.1) is 6.04 Å². The molecule has 3 aromatic rings. The number of rotatable bonds is 4. The molecule has 0 fully saturated rings. The van der Waals surface area contributed by atoms with Gasteiger partial charge in [0, 0.05) is 27.0 Å². The molecule has 0 radical (unpaired) electrons. The molecule has 104 valence electrons. The van der Waals surface area contributed by atoms with Crippen LogP contribution in [0.4, 0.5) is 0 Å². The average Bonchev–Trinajstić information content (AvgIpc) is 3.04. The van der Waals surface area contributed by atoms with Gasteiger partial charge < -0.3 is 5.32 Å². The molecule has 0 saturated carbocycles. The monoisotopic (exact) mass is 350 g/mol. The van der Waals surface area contributed by atoms with Crippen LogP contribution in [0.1, 0.15) is 36.6 Å². The number of aromatic nitrogens is 3. The van der Waals surface area contributed by atoms with E-state index < -0.39 is 0 Å². The third-order valence-electron chi connectivity index (χ3n) is 3.24. The summed E-state index contributed by atoms with van der Waals surface area (Å²) in [6.45, 7) is 4.28. The fraction of sp³-hybridized carbons (Fsp3) is 0.286. The van der Waals surface area contributed by atoms with Gasteiger partial charge in [-0.15, -0.1) is 21.5 Å². The Hall–Kier alpha value is -1.24. The van der Waals surface area contributed by atoms with Crippen molar-refractivity contribution >= 4 is 32.9 Å². The van der Waals surface area contributed by atoms with Gasteiger partial charge in [-0.2, -0.15) is 0 Å². The molecule has 0 amide bonds. The number of nitrogens with one attached hydrogen (secondary N) is 1. The summed E-state index contributed by atoms with van der Waals surface area (Å²) in [4.78, 5) is 1.30. The van der Waals surface area contributed by atoms with Crippen molar-refractivity contribution in [3.63, 3.8) is 0 Å². The lowest BCUT2D eigenvalue weighted by molar-refractivity contribution is 0.478. The molecule has 0 aromatic carbocycles. The number of nitrogens with zero attached hydrogens (tertiary/aromatic N) is 3. The van der Waals surface area contributed by atoms with Crippen LogP contribution in [-0.4, -0.2) is 14.6 Å². The van der Waals surface area contributed by atoms with E-state index in [4.69, 9.17) is 0 Å². The molecule has 6 heteroatoms. The van der Waals surface area contributed by atoms with Gasteiger partial charge in [0.2, 0.25) is 0 Å². The Morgan fingerprint density at radius 1 is 1.25 bits per heavy atom. The van der Waals surface area contributed by atoms with E-state index in [2.05, 4.69) is 56.7 Å². The van der Waals surface area contributed by atoms with Gasteiger partial charge in [-0.25, -0.2) is 0 Å². The molecule has 0 saturated heterocycles. The number of hydrogen-bond acceptors (Lipinski definition) is 4. The lowest BCUT2D eigenvalue weighted by Gasteiger charge is -2.17. The number of pyridine rings is 1. The first-order valence-corrected chi connectivity index (χ1v) is 8.12. The summed E-state index contributed by atoms with van der Waals surface area (Å²) in [6.07, 6.45) is 2.00. The van der Waals surface area contributed by atoms with E-state index in [1.165, 1.54) is 4.88 Å². The van der Waals surface area contributed by atoms with Gasteiger partial charge in [-0.1, -0.05) is 6.07 Å². The fourth-order valence-corrected chi connectivity index (χ4v) is 3.70. The molecule has 0 bridgehead atoms. The normalized spacial score (nSPS) is 14.6. The summed E-state index contributed by atoms with van der Waals surface area (Å²) in [6, 6.07) is 8.48. The lowest BCUT2D eigenvalue weighted by Crippen LogP contribution is -2.23. The predicted molar refractivity (Wildman–Crippen MR) is 85.0 cm³/mol. The molecule has 0 aliphatic carbocycles. The highest BCUT2D eigenvalue weighted by molar-refractivity contribution is 9.10. The molecule has 20 heavy (non-hydrogen) atoms.